The van der Waals surface area contributed by atoms with Crippen LogP contribution < -0.4 is 4.74 Å². The molecule has 0 bridgehead atoms. The van der Waals surface area contributed by atoms with Crippen molar-refractivity contribution < 1.29 is 4.74 Å². The molecule has 0 spiro atoms. The summed E-state index contributed by atoms with van der Waals surface area (Å²) in [6.45, 7) is 0. The van der Waals surface area contributed by atoms with Crippen molar-refractivity contribution >= 4 is 21.8 Å². The lowest BCUT2D eigenvalue weighted by molar-refractivity contribution is 0.488. The van der Waals surface area contributed by atoms with Crippen molar-refractivity contribution in [1.29, 1.82) is 0 Å². The van der Waals surface area contributed by atoms with Crippen LogP contribution in [0.3, 0.4) is 0 Å². The largest absolute Gasteiger partial charge is 0.456 e. The molecule has 0 saturated carbocycles. The maximum Gasteiger partial charge on any atom is 0.235 e. The third kappa shape index (κ3) is 3.85. The van der Waals surface area contributed by atoms with Crippen molar-refractivity contribution in [2.75, 3.05) is 0 Å². The molecule has 6 aromatic carbocycles. The van der Waals surface area contributed by atoms with E-state index in [1.807, 2.05) is 48.5 Å². The quantitative estimate of drug-likeness (QED) is 0.215. The van der Waals surface area contributed by atoms with E-state index in [0.29, 0.717) is 5.95 Å². The van der Waals surface area contributed by atoms with E-state index >= 15 is 0 Å². The van der Waals surface area contributed by atoms with Gasteiger partial charge in [-0.05, 0) is 35.4 Å². The molecule has 0 unspecified atom stereocenters. The Morgan fingerprint density at radius 3 is 1.68 bits per heavy atom. The van der Waals surface area contributed by atoms with Crippen molar-refractivity contribution in [3.63, 3.8) is 0 Å². The third-order valence-corrected chi connectivity index (χ3v) is 8.44. The molecular weight excluding hydrogens is 538 g/mol. The first-order chi connectivity index (χ1) is 21.8. The summed E-state index contributed by atoms with van der Waals surface area (Å²) < 4.78 is 8.89. The maximum atomic E-state index is 6.71. The average Bonchev–Trinajstić information content (AvgIpc) is 3.34. The zero-order valence-corrected chi connectivity index (χ0v) is 23.7. The Hall–Kier alpha value is -6.00. The zero-order chi connectivity index (χ0) is 29.0. The Balaban J connectivity index is 1.36. The molecule has 4 nitrogen and oxygen atoms in total. The molecular formula is C40H25N3O. The van der Waals surface area contributed by atoms with Crippen LogP contribution in [0.5, 0.6) is 11.5 Å². The SMILES string of the molecule is c1ccc(-c2cc(-c3ccccc3)nc(-n3c4ccccc4c4cc5c(cc43)Oc3ccccc3-c3ccccc3-5)n2)cc1. The first kappa shape index (κ1) is 24.6. The van der Waals surface area contributed by atoms with Crippen LogP contribution in [0.25, 0.3) is 72.5 Å². The lowest BCUT2D eigenvalue weighted by Crippen LogP contribution is -2.04. The van der Waals surface area contributed by atoms with E-state index in [2.05, 4.69) is 108 Å². The minimum atomic E-state index is 0.616. The number of fused-ring (bicyclic) bond motifs is 8. The summed E-state index contributed by atoms with van der Waals surface area (Å²) >= 11 is 0. The van der Waals surface area contributed by atoms with Crippen LogP contribution in [0, 0.1) is 0 Å². The highest BCUT2D eigenvalue weighted by Crippen LogP contribution is 2.49. The van der Waals surface area contributed by atoms with E-state index in [1.165, 1.54) is 0 Å². The topological polar surface area (TPSA) is 39.9 Å². The van der Waals surface area contributed by atoms with Gasteiger partial charge in [0.25, 0.3) is 0 Å². The van der Waals surface area contributed by atoms with Gasteiger partial charge >= 0.3 is 0 Å². The second kappa shape index (κ2) is 9.79. The molecule has 4 heteroatoms. The fourth-order valence-electron chi connectivity index (χ4n) is 6.40. The summed E-state index contributed by atoms with van der Waals surface area (Å²) in [7, 11) is 0. The van der Waals surface area contributed by atoms with E-state index < -0.39 is 0 Å². The number of ether oxygens (including phenoxy) is 1. The minimum absolute atomic E-state index is 0.616. The predicted molar refractivity (Wildman–Crippen MR) is 178 cm³/mol. The van der Waals surface area contributed by atoms with Crippen LogP contribution in [0.15, 0.2) is 152 Å². The molecule has 44 heavy (non-hydrogen) atoms. The van der Waals surface area contributed by atoms with Gasteiger partial charge in [-0.15, -0.1) is 0 Å². The molecule has 3 heterocycles. The second-order valence-corrected chi connectivity index (χ2v) is 11.0. The van der Waals surface area contributed by atoms with Gasteiger partial charge in [0.1, 0.15) is 11.5 Å². The van der Waals surface area contributed by atoms with Crippen molar-refractivity contribution in [3.8, 4) is 62.2 Å². The Morgan fingerprint density at radius 2 is 0.977 bits per heavy atom. The number of rotatable bonds is 3. The van der Waals surface area contributed by atoms with E-state index in [0.717, 1.165) is 78.1 Å². The molecule has 206 valence electrons. The van der Waals surface area contributed by atoms with Gasteiger partial charge in [-0.1, -0.05) is 121 Å². The summed E-state index contributed by atoms with van der Waals surface area (Å²) in [5.41, 5.74) is 10.3. The monoisotopic (exact) mass is 563 g/mol. The Bertz CT molecular complexity index is 2300. The van der Waals surface area contributed by atoms with Crippen molar-refractivity contribution in [3.05, 3.63) is 152 Å². The van der Waals surface area contributed by atoms with E-state index in [9.17, 15) is 0 Å². The van der Waals surface area contributed by atoms with Gasteiger partial charge in [0, 0.05) is 39.1 Å². The number of nitrogens with zero attached hydrogens (tertiary/aromatic N) is 3. The molecule has 0 saturated heterocycles. The van der Waals surface area contributed by atoms with E-state index in [-0.39, 0.29) is 0 Å². The number of hydrogen-bond donors (Lipinski definition) is 0. The fraction of sp³-hybridized carbons (Fsp3) is 0. The standard InChI is InChI=1S/C40H25N3O/c1-3-13-26(14-4-1)34-24-35(27-15-5-2-6-16-27)42-40(41-34)43-36-21-11-9-19-30(36)32-23-33-29-18-8-7-17-28(29)31-20-10-12-22-38(31)44-39(33)25-37(32)43/h1-25H. The normalized spacial score (nSPS) is 11.8. The summed E-state index contributed by atoms with van der Waals surface area (Å²) in [5.74, 6) is 2.27. The van der Waals surface area contributed by atoms with Crippen molar-refractivity contribution in [1.82, 2.24) is 14.5 Å². The van der Waals surface area contributed by atoms with Crippen LogP contribution in [0.4, 0.5) is 0 Å². The molecule has 1 aliphatic heterocycles. The smallest absolute Gasteiger partial charge is 0.235 e. The molecule has 1 aliphatic rings. The molecule has 0 fully saturated rings. The molecule has 0 radical (unpaired) electrons. The van der Waals surface area contributed by atoms with E-state index in [4.69, 9.17) is 14.7 Å². The Kier molecular flexibility index (Phi) is 5.47. The Morgan fingerprint density at radius 1 is 0.409 bits per heavy atom. The van der Waals surface area contributed by atoms with Crippen LogP contribution >= 0.6 is 0 Å². The highest BCUT2D eigenvalue weighted by atomic mass is 16.5. The predicted octanol–water partition coefficient (Wildman–Crippen LogP) is 10.3. The molecule has 0 atom stereocenters. The highest BCUT2D eigenvalue weighted by Gasteiger charge is 2.24. The number of para-hydroxylation sites is 2. The maximum absolute atomic E-state index is 6.71. The van der Waals surface area contributed by atoms with Gasteiger partial charge < -0.3 is 4.74 Å². The van der Waals surface area contributed by atoms with E-state index in [1.54, 1.807) is 0 Å². The number of benzene rings is 6. The highest BCUT2D eigenvalue weighted by molar-refractivity contribution is 6.12. The fourth-order valence-corrected chi connectivity index (χ4v) is 6.40. The summed E-state index contributed by atoms with van der Waals surface area (Å²) in [4.78, 5) is 10.4. The lowest BCUT2D eigenvalue weighted by Gasteiger charge is -2.13. The van der Waals surface area contributed by atoms with Crippen LogP contribution in [0.1, 0.15) is 0 Å². The summed E-state index contributed by atoms with van der Waals surface area (Å²) in [6.07, 6.45) is 0. The van der Waals surface area contributed by atoms with Gasteiger partial charge in [-0.3, -0.25) is 4.57 Å². The van der Waals surface area contributed by atoms with Crippen LogP contribution in [-0.2, 0) is 0 Å². The summed E-state index contributed by atoms with van der Waals surface area (Å²) in [6, 6.07) is 52.4. The van der Waals surface area contributed by atoms with Crippen LogP contribution in [0.2, 0.25) is 0 Å². The minimum Gasteiger partial charge on any atom is -0.456 e. The number of aromatic nitrogens is 3. The van der Waals surface area contributed by atoms with Crippen molar-refractivity contribution in [2.24, 2.45) is 0 Å². The molecule has 0 aliphatic carbocycles. The average molecular weight is 564 g/mol. The van der Waals surface area contributed by atoms with Crippen LogP contribution in [-0.4, -0.2) is 14.5 Å². The summed E-state index contributed by atoms with van der Waals surface area (Å²) in [5, 5.41) is 2.26. The number of hydrogen-bond acceptors (Lipinski definition) is 3. The molecule has 9 rings (SSSR count). The molecule has 0 amide bonds. The molecule has 0 N–H and O–H groups in total. The Labute approximate surface area is 254 Å². The van der Waals surface area contributed by atoms with Gasteiger partial charge in [0.15, 0.2) is 0 Å². The van der Waals surface area contributed by atoms with Gasteiger partial charge in [-0.2, -0.15) is 0 Å². The van der Waals surface area contributed by atoms with Crippen molar-refractivity contribution in [2.45, 2.75) is 0 Å². The van der Waals surface area contributed by atoms with Gasteiger partial charge in [-0.25, -0.2) is 9.97 Å². The molecule has 8 aromatic rings. The lowest BCUT2D eigenvalue weighted by atomic mass is 9.94. The van der Waals surface area contributed by atoms with Gasteiger partial charge in [0.05, 0.1) is 22.4 Å². The second-order valence-electron chi connectivity index (χ2n) is 11.0. The first-order valence-corrected chi connectivity index (χ1v) is 14.8. The zero-order valence-electron chi connectivity index (χ0n) is 23.7. The van der Waals surface area contributed by atoms with Gasteiger partial charge in [0.2, 0.25) is 5.95 Å². The first-order valence-electron chi connectivity index (χ1n) is 14.8. The molecule has 2 aromatic heterocycles. The third-order valence-electron chi connectivity index (χ3n) is 8.44.